The summed E-state index contributed by atoms with van der Waals surface area (Å²) in [5, 5.41) is 13.5. The zero-order valence-electron chi connectivity index (χ0n) is 12.5. The molecule has 20 heavy (non-hydrogen) atoms. The molecule has 1 aliphatic heterocycles. The van der Waals surface area contributed by atoms with Crippen molar-refractivity contribution in [3.8, 4) is 0 Å². The lowest BCUT2D eigenvalue weighted by Gasteiger charge is -2.38. The average Bonchev–Trinajstić information content (AvgIpc) is 2.80. The van der Waals surface area contributed by atoms with E-state index in [0.29, 0.717) is 18.7 Å². The second kappa shape index (κ2) is 6.37. The van der Waals surface area contributed by atoms with Gasteiger partial charge < -0.3 is 10.0 Å². The van der Waals surface area contributed by atoms with Crippen molar-refractivity contribution >= 4 is 5.91 Å². The molecule has 1 aromatic rings. The summed E-state index contributed by atoms with van der Waals surface area (Å²) in [6.45, 7) is 7.25. The summed E-state index contributed by atoms with van der Waals surface area (Å²) in [4.78, 5) is 16.6. The fourth-order valence-corrected chi connectivity index (χ4v) is 2.67. The van der Waals surface area contributed by atoms with Crippen LogP contribution in [0.15, 0.2) is 6.20 Å². The standard InChI is InChI=1S/C14H24N4O2/c1-4-12(10-19)17-5-7-18(8-6-17)14(20)13-9-15-16(3)11(13)2/h9,12,19H,4-8,10H2,1-3H3. The zero-order valence-corrected chi connectivity index (χ0v) is 12.5. The Bertz CT molecular complexity index is 460. The van der Waals surface area contributed by atoms with E-state index in [1.165, 1.54) is 0 Å². The number of aryl methyl sites for hydroxylation is 1. The van der Waals surface area contributed by atoms with E-state index in [-0.39, 0.29) is 18.6 Å². The van der Waals surface area contributed by atoms with Gasteiger partial charge in [0.1, 0.15) is 0 Å². The van der Waals surface area contributed by atoms with E-state index in [1.54, 1.807) is 10.9 Å². The third-order valence-corrected chi connectivity index (χ3v) is 4.27. The van der Waals surface area contributed by atoms with Crippen molar-refractivity contribution in [2.75, 3.05) is 32.8 Å². The van der Waals surface area contributed by atoms with Gasteiger partial charge in [-0.15, -0.1) is 0 Å². The highest BCUT2D eigenvalue weighted by atomic mass is 16.3. The number of hydrogen-bond donors (Lipinski definition) is 1. The Morgan fingerprint density at radius 2 is 2.05 bits per heavy atom. The molecule has 2 heterocycles. The maximum absolute atomic E-state index is 12.5. The molecule has 0 spiro atoms. The molecule has 0 radical (unpaired) electrons. The number of aliphatic hydroxyl groups excluding tert-OH is 1. The molecule has 6 nitrogen and oxygen atoms in total. The Hall–Kier alpha value is -1.40. The van der Waals surface area contributed by atoms with Gasteiger partial charge in [-0.1, -0.05) is 6.92 Å². The molecule has 112 valence electrons. The third-order valence-electron chi connectivity index (χ3n) is 4.27. The maximum atomic E-state index is 12.5. The van der Waals surface area contributed by atoms with Crippen LogP contribution in [0.1, 0.15) is 29.4 Å². The van der Waals surface area contributed by atoms with E-state index in [4.69, 9.17) is 0 Å². The molecule has 2 rings (SSSR count). The number of piperazine rings is 1. The largest absolute Gasteiger partial charge is 0.395 e. The van der Waals surface area contributed by atoms with Crippen LogP contribution in [-0.4, -0.2) is 69.4 Å². The van der Waals surface area contributed by atoms with Gasteiger partial charge in [-0.3, -0.25) is 14.4 Å². The molecule has 1 N–H and O–H groups in total. The molecule has 0 saturated carbocycles. The summed E-state index contributed by atoms with van der Waals surface area (Å²) < 4.78 is 1.72. The number of hydrogen-bond acceptors (Lipinski definition) is 4. The smallest absolute Gasteiger partial charge is 0.257 e. The first kappa shape index (κ1) is 15.0. The minimum Gasteiger partial charge on any atom is -0.395 e. The maximum Gasteiger partial charge on any atom is 0.257 e. The number of rotatable bonds is 4. The van der Waals surface area contributed by atoms with Crippen molar-refractivity contribution in [1.29, 1.82) is 0 Å². The van der Waals surface area contributed by atoms with E-state index >= 15 is 0 Å². The molecule has 1 saturated heterocycles. The van der Waals surface area contributed by atoms with Crippen molar-refractivity contribution < 1.29 is 9.90 Å². The number of carbonyl (C=O) groups is 1. The Kier molecular flexibility index (Phi) is 4.77. The summed E-state index contributed by atoms with van der Waals surface area (Å²) in [7, 11) is 1.84. The first-order chi connectivity index (χ1) is 9.58. The molecule has 1 amide bonds. The van der Waals surface area contributed by atoms with Gasteiger partial charge in [0.2, 0.25) is 0 Å². The summed E-state index contributed by atoms with van der Waals surface area (Å²) in [5.74, 6) is 0.0623. The summed E-state index contributed by atoms with van der Waals surface area (Å²) in [5.41, 5.74) is 1.59. The fourth-order valence-electron chi connectivity index (χ4n) is 2.67. The molecule has 0 bridgehead atoms. The second-order valence-corrected chi connectivity index (χ2v) is 5.34. The summed E-state index contributed by atoms with van der Waals surface area (Å²) in [6, 6.07) is 0.215. The minimum absolute atomic E-state index is 0.0623. The lowest BCUT2D eigenvalue weighted by molar-refractivity contribution is 0.0472. The van der Waals surface area contributed by atoms with E-state index < -0.39 is 0 Å². The molecule has 6 heteroatoms. The first-order valence-electron chi connectivity index (χ1n) is 7.21. The SMILES string of the molecule is CCC(CO)N1CCN(C(=O)c2cnn(C)c2C)CC1. The van der Waals surface area contributed by atoms with Gasteiger partial charge in [-0.2, -0.15) is 5.10 Å². The van der Waals surface area contributed by atoms with Gasteiger partial charge in [-0.05, 0) is 13.3 Å². The highest BCUT2D eigenvalue weighted by Crippen LogP contribution is 2.14. The van der Waals surface area contributed by atoms with Gasteiger partial charge in [0, 0.05) is 45.0 Å². The van der Waals surface area contributed by atoms with Crippen LogP contribution in [-0.2, 0) is 7.05 Å². The van der Waals surface area contributed by atoms with E-state index in [0.717, 1.165) is 25.2 Å². The van der Waals surface area contributed by atoms with E-state index in [9.17, 15) is 9.90 Å². The molecular weight excluding hydrogens is 256 g/mol. The number of amides is 1. The van der Waals surface area contributed by atoms with Crippen LogP contribution in [0.25, 0.3) is 0 Å². The number of nitrogens with zero attached hydrogens (tertiary/aromatic N) is 4. The second-order valence-electron chi connectivity index (χ2n) is 5.34. The van der Waals surface area contributed by atoms with Gasteiger partial charge in [0.05, 0.1) is 18.4 Å². The van der Waals surface area contributed by atoms with Crippen LogP contribution in [0.2, 0.25) is 0 Å². The van der Waals surface area contributed by atoms with Crippen LogP contribution in [0.3, 0.4) is 0 Å². The van der Waals surface area contributed by atoms with Crippen LogP contribution in [0.5, 0.6) is 0 Å². The lowest BCUT2D eigenvalue weighted by atomic mass is 10.1. The van der Waals surface area contributed by atoms with Gasteiger partial charge in [0.25, 0.3) is 5.91 Å². The highest BCUT2D eigenvalue weighted by molar-refractivity contribution is 5.95. The highest BCUT2D eigenvalue weighted by Gasteiger charge is 2.26. The van der Waals surface area contributed by atoms with E-state index in [2.05, 4.69) is 16.9 Å². The monoisotopic (exact) mass is 280 g/mol. The van der Waals surface area contributed by atoms with Crippen molar-refractivity contribution in [3.63, 3.8) is 0 Å². The Labute approximate surface area is 120 Å². The van der Waals surface area contributed by atoms with Crippen LogP contribution in [0, 0.1) is 6.92 Å². The molecule has 1 atom stereocenters. The molecule has 0 aromatic carbocycles. The summed E-state index contributed by atoms with van der Waals surface area (Å²) >= 11 is 0. The van der Waals surface area contributed by atoms with Crippen molar-refractivity contribution in [2.45, 2.75) is 26.3 Å². The molecule has 0 aliphatic carbocycles. The van der Waals surface area contributed by atoms with Crippen molar-refractivity contribution in [2.24, 2.45) is 7.05 Å². The lowest BCUT2D eigenvalue weighted by Crippen LogP contribution is -2.52. The number of carbonyl (C=O) groups excluding carboxylic acids is 1. The Morgan fingerprint density at radius 3 is 2.50 bits per heavy atom. The van der Waals surface area contributed by atoms with Crippen LogP contribution >= 0.6 is 0 Å². The summed E-state index contributed by atoms with van der Waals surface area (Å²) in [6.07, 6.45) is 2.58. The predicted octanol–water partition coefficient (Wildman–Crippen LogP) is 0.257. The van der Waals surface area contributed by atoms with Gasteiger partial charge >= 0.3 is 0 Å². The minimum atomic E-state index is 0.0623. The van der Waals surface area contributed by atoms with Crippen LogP contribution < -0.4 is 0 Å². The Morgan fingerprint density at radius 1 is 1.40 bits per heavy atom. The number of aromatic nitrogens is 2. The fraction of sp³-hybridized carbons (Fsp3) is 0.714. The molecular formula is C14H24N4O2. The van der Waals surface area contributed by atoms with Crippen molar-refractivity contribution in [3.05, 3.63) is 17.5 Å². The third kappa shape index (κ3) is 2.86. The normalized spacial score (nSPS) is 18.3. The molecule has 1 unspecified atom stereocenters. The van der Waals surface area contributed by atoms with Crippen molar-refractivity contribution in [1.82, 2.24) is 19.6 Å². The molecule has 1 fully saturated rings. The Balaban J connectivity index is 1.97. The average molecular weight is 280 g/mol. The number of aliphatic hydroxyl groups is 1. The zero-order chi connectivity index (χ0) is 14.7. The van der Waals surface area contributed by atoms with E-state index in [1.807, 2.05) is 18.9 Å². The van der Waals surface area contributed by atoms with Gasteiger partial charge in [-0.25, -0.2) is 0 Å². The topological polar surface area (TPSA) is 61.6 Å². The molecule has 1 aromatic heterocycles. The molecule has 1 aliphatic rings. The first-order valence-corrected chi connectivity index (χ1v) is 7.21. The van der Waals surface area contributed by atoms with Gasteiger partial charge in [0.15, 0.2) is 0 Å². The quantitative estimate of drug-likeness (QED) is 0.859. The van der Waals surface area contributed by atoms with Crippen LogP contribution in [0.4, 0.5) is 0 Å². The predicted molar refractivity (Wildman–Crippen MR) is 76.6 cm³/mol.